The average Bonchev–Trinajstić information content (AvgIpc) is 2.67. The molecule has 1 aromatic rings. The number of esters is 2. The van der Waals surface area contributed by atoms with Crippen molar-refractivity contribution < 1.29 is 28.2 Å². The minimum atomic E-state index is -0.786. The predicted octanol–water partition coefficient (Wildman–Crippen LogP) is 2.19. The van der Waals surface area contributed by atoms with Gasteiger partial charge in [-0.05, 0) is 51.0 Å². The van der Waals surface area contributed by atoms with Gasteiger partial charge in [0.15, 0.2) is 0 Å². The van der Waals surface area contributed by atoms with E-state index < -0.39 is 17.8 Å². The number of hydrogen-bond acceptors (Lipinski definition) is 7. The molecule has 8 heteroatoms. The van der Waals surface area contributed by atoms with Crippen LogP contribution >= 0.6 is 0 Å². The molecule has 0 radical (unpaired) electrons. The summed E-state index contributed by atoms with van der Waals surface area (Å²) in [6.07, 6.45) is 2.99. The van der Waals surface area contributed by atoms with E-state index in [0.29, 0.717) is 18.3 Å². The number of methoxy groups -OCH3 is 2. The number of hydrogen-bond donors (Lipinski definition) is 1. The van der Waals surface area contributed by atoms with Crippen molar-refractivity contribution in [2.24, 2.45) is 5.92 Å². The highest BCUT2D eigenvalue weighted by molar-refractivity contribution is 5.99. The molecule has 0 aromatic heterocycles. The third-order valence-corrected chi connectivity index (χ3v) is 4.39. The lowest BCUT2D eigenvalue weighted by Gasteiger charge is -2.29. The van der Waals surface area contributed by atoms with Gasteiger partial charge in [-0.25, -0.2) is 14.0 Å². The summed E-state index contributed by atoms with van der Waals surface area (Å²) in [6.45, 7) is 2.51. The number of nitrogens with one attached hydrogen (secondary N) is 1. The number of ether oxygens (including phenoxy) is 3. The number of nitrogens with zero attached hydrogens (tertiary/aromatic N) is 1. The number of piperidine rings is 1. The Labute approximate surface area is 158 Å². The summed E-state index contributed by atoms with van der Waals surface area (Å²) in [6, 6.07) is 3.95. The Balaban J connectivity index is 2.14. The van der Waals surface area contributed by atoms with Gasteiger partial charge >= 0.3 is 11.9 Å². The zero-order valence-corrected chi connectivity index (χ0v) is 15.8. The van der Waals surface area contributed by atoms with Crippen LogP contribution < -0.4 is 10.1 Å². The first-order valence-electron chi connectivity index (χ1n) is 8.68. The summed E-state index contributed by atoms with van der Waals surface area (Å²) in [5, 5.41) is 2.71. The first kappa shape index (κ1) is 20.7. The van der Waals surface area contributed by atoms with Crippen LogP contribution in [0.5, 0.6) is 5.75 Å². The van der Waals surface area contributed by atoms with E-state index in [1.54, 1.807) is 0 Å². The molecule has 0 aliphatic carbocycles. The number of carbonyl (C=O) groups excluding carboxylic acids is 2. The van der Waals surface area contributed by atoms with Crippen LogP contribution in [0.2, 0.25) is 0 Å². The van der Waals surface area contributed by atoms with Crippen molar-refractivity contribution >= 4 is 17.6 Å². The molecule has 0 saturated carbocycles. The van der Waals surface area contributed by atoms with E-state index in [2.05, 4.69) is 26.7 Å². The minimum absolute atomic E-state index is 0.181. The number of anilines is 1. The molecule has 0 amide bonds. The third-order valence-electron chi connectivity index (χ3n) is 4.39. The van der Waals surface area contributed by atoms with E-state index in [-0.39, 0.29) is 11.4 Å². The Morgan fingerprint density at radius 2 is 1.96 bits per heavy atom. The minimum Gasteiger partial charge on any atom is -0.491 e. The molecule has 1 saturated heterocycles. The van der Waals surface area contributed by atoms with Crippen LogP contribution in [-0.2, 0) is 19.1 Å². The van der Waals surface area contributed by atoms with Crippen LogP contribution in [0.1, 0.15) is 12.8 Å². The van der Waals surface area contributed by atoms with Crippen molar-refractivity contribution in [1.82, 2.24) is 4.90 Å². The van der Waals surface area contributed by atoms with Gasteiger partial charge in [-0.3, -0.25) is 0 Å². The molecule has 148 valence electrons. The summed E-state index contributed by atoms with van der Waals surface area (Å²) in [5.41, 5.74) is 0.0440. The Kier molecular flexibility index (Phi) is 7.60. The lowest BCUT2D eigenvalue weighted by atomic mass is 9.98. The molecule has 2 rings (SSSR count). The maximum absolute atomic E-state index is 13.7. The number of rotatable bonds is 7. The standard InChI is InChI=1S/C19H25FN2O5/c1-22-8-6-13(7-9-22)12-27-17-5-4-14(20)10-15(17)21-16(19(24)26-3)11-18(23)25-2/h4-5,10-11,13,21H,6-9,12H2,1-3H3/b16-11+. The van der Waals surface area contributed by atoms with E-state index in [0.717, 1.165) is 32.0 Å². The molecule has 0 unspecified atom stereocenters. The number of halogens is 1. The van der Waals surface area contributed by atoms with Gasteiger partial charge in [-0.1, -0.05) is 0 Å². The monoisotopic (exact) mass is 380 g/mol. The van der Waals surface area contributed by atoms with Gasteiger partial charge in [0.25, 0.3) is 0 Å². The molecule has 1 aromatic carbocycles. The summed E-state index contributed by atoms with van der Waals surface area (Å²) in [4.78, 5) is 25.7. The summed E-state index contributed by atoms with van der Waals surface area (Å²) in [5.74, 6) is -1.25. The van der Waals surface area contributed by atoms with E-state index in [4.69, 9.17) is 4.74 Å². The molecule has 0 atom stereocenters. The SMILES string of the molecule is COC(=O)/C=C(/Nc1cc(F)ccc1OCC1CCN(C)CC1)C(=O)OC. The van der Waals surface area contributed by atoms with Crippen LogP contribution in [0, 0.1) is 11.7 Å². The Morgan fingerprint density at radius 3 is 2.59 bits per heavy atom. The normalized spacial score (nSPS) is 15.9. The second-order valence-corrected chi connectivity index (χ2v) is 6.40. The molecule has 1 fully saturated rings. The van der Waals surface area contributed by atoms with Crippen molar-refractivity contribution in [2.45, 2.75) is 12.8 Å². The fourth-order valence-electron chi connectivity index (χ4n) is 2.74. The molecule has 1 aliphatic heterocycles. The van der Waals surface area contributed by atoms with E-state index in [1.165, 1.54) is 32.4 Å². The van der Waals surface area contributed by atoms with Gasteiger partial charge in [0.05, 0.1) is 32.6 Å². The smallest absolute Gasteiger partial charge is 0.354 e. The molecule has 27 heavy (non-hydrogen) atoms. The van der Waals surface area contributed by atoms with Crippen LogP contribution in [0.3, 0.4) is 0 Å². The average molecular weight is 380 g/mol. The Bertz CT molecular complexity index is 699. The highest BCUT2D eigenvalue weighted by atomic mass is 19.1. The van der Waals surface area contributed by atoms with Crippen LogP contribution in [0.4, 0.5) is 10.1 Å². The van der Waals surface area contributed by atoms with Gasteiger partial charge in [0.1, 0.15) is 17.3 Å². The Hall–Kier alpha value is -2.61. The lowest BCUT2D eigenvalue weighted by molar-refractivity contribution is -0.138. The first-order valence-corrected chi connectivity index (χ1v) is 8.68. The maximum atomic E-state index is 13.7. The maximum Gasteiger partial charge on any atom is 0.354 e. The first-order chi connectivity index (χ1) is 12.9. The second kappa shape index (κ2) is 9.91. The van der Waals surface area contributed by atoms with Gasteiger partial charge in [0, 0.05) is 6.07 Å². The zero-order valence-electron chi connectivity index (χ0n) is 15.8. The van der Waals surface area contributed by atoms with Crippen molar-refractivity contribution in [3.63, 3.8) is 0 Å². The van der Waals surface area contributed by atoms with E-state index >= 15 is 0 Å². The van der Waals surface area contributed by atoms with Crippen LogP contribution in [0.15, 0.2) is 30.0 Å². The van der Waals surface area contributed by atoms with Crippen molar-refractivity contribution in [3.05, 3.63) is 35.8 Å². The van der Waals surface area contributed by atoms with Gasteiger partial charge < -0.3 is 24.4 Å². The van der Waals surface area contributed by atoms with E-state index in [1.807, 2.05) is 0 Å². The second-order valence-electron chi connectivity index (χ2n) is 6.40. The third kappa shape index (κ3) is 6.25. The Morgan fingerprint density at radius 1 is 1.26 bits per heavy atom. The fourth-order valence-corrected chi connectivity index (χ4v) is 2.74. The van der Waals surface area contributed by atoms with Gasteiger partial charge in [-0.15, -0.1) is 0 Å². The predicted molar refractivity (Wildman–Crippen MR) is 97.9 cm³/mol. The molecule has 1 aliphatic rings. The number of carbonyl (C=O) groups is 2. The van der Waals surface area contributed by atoms with Crippen molar-refractivity contribution in [2.75, 3.05) is 46.3 Å². The molecule has 1 heterocycles. The largest absolute Gasteiger partial charge is 0.491 e. The fraction of sp³-hybridized carbons (Fsp3) is 0.474. The van der Waals surface area contributed by atoms with Gasteiger partial charge in [0.2, 0.25) is 0 Å². The molecule has 7 nitrogen and oxygen atoms in total. The highest BCUT2D eigenvalue weighted by Gasteiger charge is 2.19. The lowest BCUT2D eigenvalue weighted by Crippen LogP contribution is -2.32. The quantitative estimate of drug-likeness (QED) is 0.574. The van der Waals surface area contributed by atoms with E-state index in [9.17, 15) is 14.0 Å². The molecule has 0 bridgehead atoms. The molecule has 0 spiro atoms. The molecule has 1 N–H and O–H groups in total. The summed E-state index contributed by atoms with van der Waals surface area (Å²) < 4.78 is 28.8. The summed E-state index contributed by atoms with van der Waals surface area (Å²) >= 11 is 0. The van der Waals surface area contributed by atoms with Crippen molar-refractivity contribution in [1.29, 1.82) is 0 Å². The number of likely N-dealkylation sites (tertiary alicyclic amines) is 1. The zero-order chi connectivity index (χ0) is 19.8. The van der Waals surface area contributed by atoms with Crippen LogP contribution in [0.25, 0.3) is 0 Å². The van der Waals surface area contributed by atoms with Gasteiger partial charge in [-0.2, -0.15) is 0 Å². The molecular weight excluding hydrogens is 355 g/mol. The van der Waals surface area contributed by atoms with Crippen LogP contribution in [-0.4, -0.2) is 57.8 Å². The topological polar surface area (TPSA) is 77.1 Å². The van der Waals surface area contributed by atoms with Crippen molar-refractivity contribution in [3.8, 4) is 5.75 Å². The molecular formula is C19H25FN2O5. The summed E-state index contributed by atoms with van der Waals surface area (Å²) in [7, 11) is 4.45. The highest BCUT2D eigenvalue weighted by Crippen LogP contribution is 2.28. The number of benzene rings is 1.